The van der Waals surface area contributed by atoms with E-state index < -0.39 is 6.10 Å². The van der Waals surface area contributed by atoms with Crippen LogP contribution in [0.2, 0.25) is 0 Å². The quantitative estimate of drug-likeness (QED) is 0.573. The van der Waals surface area contributed by atoms with Crippen molar-refractivity contribution in [3.05, 3.63) is 52.6 Å². The number of hydrogen-bond donors (Lipinski definition) is 3. The Hall–Kier alpha value is -3.15. The van der Waals surface area contributed by atoms with E-state index in [1.807, 2.05) is 0 Å². The molecule has 2 atom stereocenters. The van der Waals surface area contributed by atoms with Crippen LogP contribution in [0.15, 0.2) is 35.9 Å². The number of phenolic OH excluding ortho intramolecular Hbond substituents is 3. The average molecular weight is 424 g/mol. The van der Waals surface area contributed by atoms with E-state index in [1.54, 1.807) is 6.07 Å². The first-order valence-corrected chi connectivity index (χ1v) is 10.6. The van der Waals surface area contributed by atoms with E-state index in [2.05, 4.69) is 26.8 Å². The number of phenols is 3. The maximum absolute atomic E-state index is 12.9. The second-order valence-electron chi connectivity index (χ2n) is 8.93. The summed E-state index contributed by atoms with van der Waals surface area (Å²) in [5.41, 5.74) is 2.25. The topological polar surface area (TPSA) is 96.2 Å². The first-order chi connectivity index (χ1) is 14.7. The minimum atomic E-state index is -0.711. The maximum Gasteiger partial charge on any atom is 0.174 e. The number of aromatic hydroxyl groups is 3. The molecule has 0 radical (unpaired) electrons. The smallest absolute Gasteiger partial charge is 0.174 e. The van der Waals surface area contributed by atoms with Crippen molar-refractivity contribution in [1.29, 1.82) is 0 Å². The van der Waals surface area contributed by atoms with Gasteiger partial charge in [-0.1, -0.05) is 11.6 Å². The van der Waals surface area contributed by atoms with Crippen LogP contribution in [-0.2, 0) is 6.42 Å². The molecule has 0 saturated heterocycles. The van der Waals surface area contributed by atoms with E-state index in [0.717, 1.165) is 24.8 Å². The van der Waals surface area contributed by atoms with Crippen molar-refractivity contribution in [2.45, 2.75) is 64.6 Å². The van der Waals surface area contributed by atoms with E-state index in [1.165, 1.54) is 23.8 Å². The van der Waals surface area contributed by atoms with Crippen molar-refractivity contribution >= 4 is 5.78 Å². The highest BCUT2D eigenvalue weighted by atomic mass is 16.5. The summed E-state index contributed by atoms with van der Waals surface area (Å²) >= 11 is 0. The van der Waals surface area contributed by atoms with Gasteiger partial charge in [0.05, 0.1) is 6.42 Å². The number of carbonyl (C=O) groups excluding carboxylic acids is 1. The fourth-order valence-electron chi connectivity index (χ4n) is 4.37. The van der Waals surface area contributed by atoms with E-state index in [0.29, 0.717) is 23.5 Å². The number of ketones is 1. The molecular weight excluding hydrogens is 396 g/mol. The molecule has 2 heterocycles. The average Bonchev–Trinajstić information content (AvgIpc) is 2.66. The molecule has 2 aromatic carbocycles. The predicted molar refractivity (Wildman–Crippen MR) is 116 cm³/mol. The summed E-state index contributed by atoms with van der Waals surface area (Å²) < 4.78 is 12.5. The van der Waals surface area contributed by atoms with Gasteiger partial charge in [-0.25, -0.2) is 0 Å². The first-order valence-electron chi connectivity index (χ1n) is 10.6. The Labute approximate surface area is 181 Å². The molecule has 6 nitrogen and oxygen atoms in total. The molecule has 4 rings (SSSR count). The summed E-state index contributed by atoms with van der Waals surface area (Å²) in [6.45, 7) is 6.20. The van der Waals surface area contributed by atoms with Crippen LogP contribution in [0.4, 0.5) is 0 Å². The van der Waals surface area contributed by atoms with Crippen LogP contribution in [0.25, 0.3) is 0 Å². The standard InChI is InChI=1S/C25H28O6/c1-14(2)5-4-9-25(3)10-8-17-22(31-25)13-20(29)23-19(28)12-21(30-24(17)23)16-7-6-15(26)11-18(16)27/h5-7,11,13,21,26-27,29H,4,8-10,12H2,1-3H3/t21-,25-/m1/s1. The molecule has 3 N–H and O–H groups in total. The van der Waals surface area contributed by atoms with Crippen LogP contribution in [0.5, 0.6) is 28.7 Å². The lowest BCUT2D eigenvalue weighted by molar-refractivity contribution is 0.0538. The van der Waals surface area contributed by atoms with Gasteiger partial charge in [-0.05, 0) is 58.6 Å². The minimum absolute atomic E-state index is 0.0149. The lowest BCUT2D eigenvalue weighted by atomic mass is 9.85. The number of ether oxygens (including phenoxy) is 2. The molecule has 2 aliphatic heterocycles. The summed E-state index contributed by atoms with van der Waals surface area (Å²) in [5, 5.41) is 30.4. The Morgan fingerprint density at radius 3 is 2.68 bits per heavy atom. The predicted octanol–water partition coefficient (Wildman–Crippen LogP) is 5.34. The fraction of sp³-hybridized carbons (Fsp3) is 0.400. The van der Waals surface area contributed by atoms with E-state index in [4.69, 9.17) is 9.47 Å². The van der Waals surface area contributed by atoms with Crippen molar-refractivity contribution in [2.75, 3.05) is 0 Å². The maximum atomic E-state index is 12.9. The highest BCUT2D eigenvalue weighted by Crippen LogP contribution is 2.50. The Morgan fingerprint density at radius 2 is 1.97 bits per heavy atom. The van der Waals surface area contributed by atoms with Gasteiger partial charge in [-0.15, -0.1) is 0 Å². The number of Topliss-reactive ketones (excluding diaryl/α,β-unsaturated/α-hetero) is 1. The molecule has 0 saturated carbocycles. The van der Waals surface area contributed by atoms with Gasteiger partial charge in [-0.2, -0.15) is 0 Å². The number of hydrogen-bond acceptors (Lipinski definition) is 6. The number of fused-ring (bicyclic) bond motifs is 3. The summed E-state index contributed by atoms with van der Waals surface area (Å²) in [6.07, 6.45) is 4.63. The number of allylic oxidation sites excluding steroid dienone is 2. The number of carbonyl (C=O) groups is 1. The van der Waals surface area contributed by atoms with Crippen molar-refractivity contribution in [1.82, 2.24) is 0 Å². The molecule has 2 aromatic rings. The monoisotopic (exact) mass is 424 g/mol. The minimum Gasteiger partial charge on any atom is -0.508 e. The SMILES string of the molecule is CC(C)=CCC[C@]1(C)CCc2c(cc(O)c3c2O[C@@H](c2ccc(O)cc2O)CC3=O)O1. The molecular formula is C25H28O6. The summed E-state index contributed by atoms with van der Waals surface area (Å²) in [6, 6.07) is 5.72. The van der Waals surface area contributed by atoms with Gasteiger partial charge in [0.1, 0.15) is 46.0 Å². The largest absolute Gasteiger partial charge is 0.508 e. The second-order valence-corrected chi connectivity index (χ2v) is 8.93. The van der Waals surface area contributed by atoms with Gasteiger partial charge in [0, 0.05) is 23.3 Å². The highest BCUT2D eigenvalue weighted by molar-refractivity contribution is 6.03. The first kappa shape index (κ1) is 21.1. The second kappa shape index (κ2) is 7.84. The van der Waals surface area contributed by atoms with Crippen LogP contribution in [0.1, 0.15) is 74.0 Å². The molecule has 0 aromatic heterocycles. The molecule has 164 valence electrons. The fourth-order valence-corrected chi connectivity index (χ4v) is 4.37. The van der Waals surface area contributed by atoms with Gasteiger partial charge >= 0.3 is 0 Å². The Balaban J connectivity index is 1.67. The van der Waals surface area contributed by atoms with Crippen molar-refractivity contribution in [2.24, 2.45) is 0 Å². The van der Waals surface area contributed by atoms with Crippen LogP contribution < -0.4 is 9.47 Å². The van der Waals surface area contributed by atoms with Crippen molar-refractivity contribution in [3.8, 4) is 28.7 Å². The molecule has 0 spiro atoms. The van der Waals surface area contributed by atoms with Gasteiger partial charge in [0.25, 0.3) is 0 Å². The Kier molecular flexibility index (Phi) is 5.33. The van der Waals surface area contributed by atoms with E-state index in [9.17, 15) is 20.1 Å². The molecule has 0 unspecified atom stereocenters. The molecule has 0 amide bonds. The Bertz CT molecular complexity index is 1070. The zero-order valence-corrected chi connectivity index (χ0v) is 18.1. The summed E-state index contributed by atoms with van der Waals surface area (Å²) in [7, 11) is 0. The van der Waals surface area contributed by atoms with Gasteiger partial charge in [0.15, 0.2) is 5.78 Å². The van der Waals surface area contributed by atoms with Crippen LogP contribution >= 0.6 is 0 Å². The lowest BCUT2D eigenvalue weighted by Gasteiger charge is -2.38. The zero-order chi connectivity index (χ0) is 22.3. The third-order valence-corrected chi connectivity index (χ3v) is 6.08. The van der Waals surface area contributed by atoms with Crippen LogP contribution in [0, 0.1) is 0 Å². The van der Waals surface area contributed by atoms with Crippen LogP contribution in [-0.4, -0.2) is 26.7 Å². The molecule has 0 fully saturated rings. The van der Waals surface area contributed by atoms with Crippen LogP contribution in [0.3, 0.4) is 0 Å². The van der Waals surface area contributed by atoms with Crippen molar-refractivity contribution in [3.63, 3.8) is 0 Å². The van der Waals surface area contributed by atoms with Gasteiger partial charge < -0.3 is 24.8 Å². The number of rotatable bonds is 4. The molecule has 6 heteroatoms. The summed E-state index contributed by atoms with van der Waals surface area (Å²) in [4.78, 5) is 12.9. The van der Waals surface area contributed by atoms with Gasteiger partial charge in [-0.3, -0.25) is 4.79 Å². The zero-order valence-electron chi connectivity index (χ0n) is 18.1. The van der Waals surface area contributed by atoms with E-state index >= 15 is 0 Å². The molecule has 31 heavy (non-hydrogen) atoms. The van der Waals surface area contributed by atoms with E-state index in [-0.39, 0.29) is 40.6 Å². The molecule has 0 bridgehead atoms. The Morgan fingerprint density at radius 1 is 1.19 bits per heavy atom. The van der Waals surface area contributed by atoms with Crippen molar-refractivity contribution < 1.29 is 29.6 Å². The lowest BCUT2D eigenvalue weighted by Crippen LogP contribution is -2.36. The molecule has 0 aliphatic carbocycles. The summed E-state index contributed by atoms with van der Waals surface area (Å²) in [5.74, 6) is 0.246. The third-order valence-electron chi connectivity index (χ3n) is 6.08. The third kappa shape index (κ3) is 4.07. The number of benzene rings is 2. The highest BCUT2D eigenvalue weighted by Gasteiger charge is 2.39. The van der Waals surface area contributed by atoms with Gasteiger partial charge in [0.2, 0.25) is 0 Å². The molecule has 2 aliphatic rings. The normalized spacial score (nSPS) is 22.0.